The Hall–Kier alpha value is -0.800. The molecule has 0 bridgehead atoms. The van der Waals surface area contributed by atoms with Gasteiger partial charge in [0.1, 0.15) is 0 Å². The number of hydrogen-bond donors (Lipinski definition) is 2. The van der Waals surface area contributed by atoms with Crippen LogP contribution < -0.4 is 11.1 Å². The summed E-state index contributed by atoms with van der Waals surface area (Å²) >= 11 is 0. The lowest BCUT2D eigenvalue weighted by Crippen LogP contribution is -2.54. The molecule has 0 aromatic carbocycles. The molecule has 0 aromatic heterocycles. The summed E-state index contributed by atoms with van der Waals surface area (Å²) in [5.41, 5.74) is 9.79. The molecule has 2 aliphatic rings. The molecule has 0 spiro atoms. The molecule has 180 valence electrons. The van der Waals surface area contributed by atoms with Crippen LogP contribution in [0.5, 0.6) is 0 Å². The molecule has 1 fully saturated rings. The second-order valence-electron chi connectivity index (χ2n) is 12.7. The van der Waals surface area contributed by atoms with Crippen molar-refractivity contribution >= 4 is 0 Å². The van der Waals surface area contributed by atoms with E-state index in [0.29, 0.717) is 23.9 Å². The predicted molar refractivity (Wildman–Crippen MR) is 136 cm³/mol. The number of nitrogens with one attached hydrogen (secondary N) is 1. The molecule has 0 amide bonds. The van der Waals surface area contributed by atoms with Crippen LogP contribution in [0.15, 0.2) is 24.0 Å². The molecule has 3 N–H and O–H groups in total. The Morgan fingerprint density at radius 3 is 2.13 bits per heavy atom. The first kappa shape index (κ1) is 26.5. The Bertz CT molecular complexity index is 651. The van der Waals surface area contributed by atoms with Crippen molar-refractivity contribution < 1.29 is 0 Å². The van der Waals surface area contributed by atoms with Crippen molar-refractivity contribution in [1.29, 1.82) is 0 Å². The minimum Gasteiger partial charge on any atom is -0.363 e. The first-order chi connectivity index (χ1) is 14.2. The lowest BCUT2D eigenvalue weighted by Gasteiger charge is -2.52. The van der Waals surface area contributed by atoms with Gasteiger partial charge >= 0.3 is 0 Å². The van der Waals surface area contributed by atoms with Crippen LogP contribution in [-0.4, -0.2) is 23.1 Å². The van der Waals surface area contributed by atoms with Crippen molar-refractivity contribution in [1.82, 2.24) is 10.2 Å². The van der Waals surface area contributed by atoms with Crippen molar-refractivity contribution in [2.45, 2.75) is 126 Å². The summed E-state index contributed by atoms with van der Waals surface area (Å²) in [6.07, 6.45) is 9.60. The molecule has 3 heteroatoms. The van der Waals surface area contributed by atoms with E-state index in [9.17, 15) is 0 Å². The van der Waals surface area contributed by atoms with Gasteiger partial charge in [-0.1, -0.05) is 80.9 Å². The maximum absolute atomic E-state index is 7.10. The highest BCUT2D eigenvalue weighted by atomic mass is 15.3. The standard InChI is InChI=1S/C28H53N3/c1-12-14-22(15-13-2)31-20(4)17-28(10,11)25-24(26(6,7)18-23(31)29)21(5)30-19(3)16-27(25,8)9/h16,20,22-25,30H,5,12-15,17-18,29H2,1-4,6-11H3. The van der Waals surface area contributed by atoms with Crippen LogP contribution >= 0.6 is 0 Å². The third kappa shape index (κ3) is 5.58. The van der Waals surface area contributed by atoms with Gasteiger partial charge in [-0.15, -0.1) is 0 Å². The minimum atomic E-state index is 0.0481. The summed E-state index contributed by atoms with van der Waals surface area (Å²) in [5.74, 6) is 0.845. The average Bonchev–Trinajstić information content (AvgIpc) is 2.64. The van der Waals surface area contributed by atoms with E-state index >= 15 is 0 Å². The fraction of sp³-hybridized carbons (Fsp3) is 0.857. The molecular weight excluding hydrogens is 378 g/mol. The van der Waals surface area contributed by atoms with Crippen LogP contribution in [0.3, 0.4) is 0 Å². The summed E-state index contributed by atoms with van der Waals surface area (Å²) in [7, 11) is 0. The first-order valence-corrected chi connectivity index (χ1v) is 12.9. The molecule has 3 nitrogen and oxygen atoms in total. The largest absolute Gasteiger partial charge is 0.363 e. The summed E-state index contributed by atoms with van der Waals surface area (Å²) in [5, 5.41) is 3.67. The van der Waals surface area contributed by atoms with Crippen LogP contribution in [0.4, 0.5) is 0 Å². The van der Waals surface area contributed by atoms with Crippen molar-refractivity contribution in [2.24, 2.45) is 33.8 Å². The Morgan fingerprint density at radius 1 is 1.06 bits per heavy atom. The highest BCUT2D eigenvalue weighted by Crippen LogP contribution is 2.58. The number of nitrogens with zero attached hydrogens (tertiary/aromatic N) is 1. The number of hydrogen-bond acceptors (Lipinski definition) is 3. The zero-order valence-electron chi connectivity index (χ0n) is 22.4. The van der Waals surface area contributed by atoms with Crippen molar-refractivity contribution in [2.75, 3.05) is 0 Å². The topological polar surface area (TPSA) is 41.3 Å². The summed E-state index contributed by atoms with van der Waals surface area (Å²) in [6.45, 7) is 28.6. The second kappa shape index (κ2) is 9.59. The van der Waals surface area contributed by atoms with Crippen LogP contribution in [0.1, 0.15) is 108 Å². The molecule has 0 radical (unpaired) electrons. The third-order valence-corrected chi connectivity index (χ3v) is 8.25. The van der Waals surface area contributed by atoms with E-state index in [1.54, 1.807) is 0 Å². The zero-order valence-corrected chi connectivity index (χ0v) is 22.4. The van der Waals surface area contributed by atoms with E-state index in [0.717, 1.165) is 12.8 Å². The van der Waals surface area contributed by atoms with E-state index in [1.807, 2.05) is 0 Å². The van der Waals surface area contributed by atoms with Gasteiger partial charge < -0.3 is 11.1 Å². The maximum Gasteiger partial charge on any atom is 0.0582 e. The van der Waals surface area contributed by atoms with E-state index in [2.05, 4.69) is 92.1 Å². The van der Waals surface area contributed by atoms with E-state index < -0.39 is 0 Å². The molecule has 2 rings (SSSR count). The quantitative estimate of drug-likeness (QED) is 0.490. The van der Waals surface area contributed by atoms with Gasteiger partial charge in [0.15, 0.2) is 0 Å². The number of rotatable bonds is 5. The van der Waals surface area contributed by atoms with Crippen LogP contribution in [0, 0.1) is 28.1 Å². The molecule has 0 aromatic rings. The maximum atomic E-state index is 7.10. The van der Waals surface area contributed by atoms with Gasteiger partial charge in [0.05, 0.1) is 6.17 Å². The Morgan fingerprint density at radius 2 is 1.61 bits per heavy atom. The monoisotopic (exact) mass is 431 g/mol. The highest BCUT2D eigenvalue weighted by Gasteiger charge is 2.53. The van der Waals surface area contributed by atoms with Gasteiger partial charge in [-0.05, 0) is 61.7 Å². The fourth-order valence-electron chi connectivity index (χ4n) is 7.86. The lowest BCUT2D eigenvalue weighted by molar-refractivity contribution is 0.000770. The fourth-order valence-corrected chi connectivity index (χ4v) is 7.86. The Labute approximate surface area is 194 Å². The van der Waals surface area contributed by atoms with E-state index in [1.165, 1.54) is 37.1 Å². The number of allylic oxidation sites excluding steroid dienone is 3. The van der Waals surface area contributed by atoms with Crippen LogP contribution in [-0.2, 0) is 0 Å². The molecule has 0 aliphatic carbocycles. The van der Waals surface area contributed by atoms with Gasteiger partial charge in [0.25, 0.3) is 0 Å². The van der Waals surface area contributed by atoms with Gasteiger partial charge in [-0.3, -0.25) is 4.90 Å². The summed E-state index contributed by atoms with van der Waals surface area (Å²) < 4.78 is 0. The molecule has 1 saturated heterocycles. The molecule has 4 atom stereocenters. The summed E-state index contributed by atoms with van der Waals surface area (Å²) in [4.78, 5) is 2.71. The SMILES string of the molecule is C=C1NC(C)=CC(C)(C)C2C1C(C)(C)CC(N)N(C(CCC)CCC)C(C)CC2(C)C. The van der Waals surface area contributed by atoms with E-state index in [4.69, 9.17) is 5.73 Å². The molecule has 2 aliphatic heterocycles. The second-order valence-corrected chi connectivity index (χ2v) is 12.7. The molecule has 0 saturated carbocycles. The highest BCUT2D eigenvalue weighted by molar-refractivity contribution is 5.24. The molecule has 31 heavy (non-hydrogen) atoms. The van der Waals surface area contributed by atoms with E-state index in [-0.39, 0.29) is 22.4 Å². The molecule has 4 unspecified atom stereocenters. The van der Waals surface area contributed by atoms with Crippen LogP contribution in [0.25, 0.3) is 0 Å². The van der Waals surface area contributed by atoms with Crippen molar-refractivity contribution in [3.8, 4) is 0 Å². The first-order valence-electron chi connectivity index (χ1n) is 12.9. The van der Waals surface area contributed by atoms with Gasteiger partial charge in [0, 0.05) is 29.4 Å². The number of fused-ring (bicyclic) bond motifs is 1. The van der Waals surface area contributed by atoms with Gasteiger partial charge in [0.2, 0.25) is 0 Å². The minimum absolute atomic E-state index is 0.0481. The molecular formula is C28H53N3. The third-order valence-electron chi connectivity index (χ3n) is 8.25. The Kier molecular flexibility index (Phi) is 8.19. The molecule has 2 heterocycles. The van der Waals surface area contributed by atoms with Gasteiger partial charge in [-0.2, -0.15) is 0 Å². The predicted octanol–water partition coefficient (Wildman–Crippen LogP) is 7.06. The zero-order chi connectivity index (χ0) is 23.8. The number of nitrogens with two attached hydrogens (primary N) is 1. The average molecular weight is 432 g/mol. The summed E-state index contributed by atoms with van der Waals surface area (Å²) in [6, 6.07) is 1.04. The lowest BCUT2D eigenvalue weighted by atomic mass is 9.52. The normalized spacial score (nSPS) is 33.4. The van der Waals surface area contributed by atoms with Gasteiger partial charge in [-0.25, -0.2) is 0 Å². The van der Waals surface area contributed by atoms with Crippen molar-refractivity contribution in [3.63, 3.8) is 0 Å². The van der Waals surface area contributed by atoms with Crippen molar-refractivity contribution in [3.05, 3.63) is 24.0 Å². The Balaban J connectivity index is 2.64. The van der Waals surface area contributed by atoms with Crippen LogP contribution in [0.2, 0.25) is 0 Å². The smallest absolute Gasteiger partial charge is 0.0582 e.